The first-order valence-corrected chi connectivity index (χ1v) is 8.43. The van der Waals surface area contributed by atoms with Crippen LogP contribution in [0.5, 0.6) is 5.75 Å². The van der Waals surface area contributed by atoms with Gasteiger partial charge in [0, 0.05) is 18.7 Å². The Kier molecular flexibility index (Phi) is 6.59. The third-order valence-corrected chi connectivity index (χ3v) is 4.38. The van der Waals surface area contributed by atoms with Gasteiger partial charge < -0.3 is 10.5 Å². The lowest BCUT2D eigenvalue weighted by Crippen LogP contribution is -2.25. The molecule has 1 unspecified atom stereocenters. The van der Waals surface area contributed by atoms with Gasteiger partial charge in [0.1, 0.15) is 12.4 Å². The molecule has 0 aliphatic carbocycles. The lowest BCUT2D eigenvalue weighted by Gasteiger charge is -2.15. The van der Waals surface area contributed by atoms with Gasteiger partial charge in [0.05, 0.1) is 17.5 Å². The number of ketones is 1. The van der Waals surface area contributed by atoms with Crippen LogP contribution in [0.1, 0.15) is 38.8 Å². The first-order valence-electron chi connectivity index (χ1n) is 8.43. The fraction of sp³-hybridized carbons (Fsp3) is 0.556. The van der Waals surface area contributed by atoms with Crippen LogP contribution >= 0.6 is 0 Å². The predicted octanol–water partition coefficient (Wildman–Crippen LogP) is 2.47. The fourth-order valence-electron chi connectivity index (χ4n) is 2.67. The molecule has 1 aliphatic heterocycles. The number of ether oxygens (including phenoxy) is 1. The van der Waals surface area contributed by atoms with E-state index >= 15 is 0 Å². The normalized spacial score (nSPS) is 17.2. The maximum absolute atomic E-state index is 12.3. The van der Waals surface area contributed by atoms with Crippen LogP contribution in [0.25, 0.3) is 5.57 Å². The molecular formula is C18H27N3O2. The minimum absolute atomic E-state index is 0.0326. The second-order valence-corrected chi connectivity index (χ2v) is 6.03. The van der Waals surface area contributed by atoms with Crippen molar-refractivity contribution in [1.82, 2.24) is 9.88 Å². The second kappa shape index (κ2) is 8.67. The number of likely N-dealkylation sites (tertiary alicyclic amines) is 1. The number of pyridine rings is 1. The zero-order valence-corrected chi connectivity index (χ0v) is 14.1. The van der Waals surface area contributed by atoms with E-state index in [0.717, 1.165) is 18.7 Å². The number of aromatic nitrogens is 1. The summed E-state index contributed by atoms with van der Waals surface area (Å²) in [5, 5.41) is 0. The molecule has 1 aromatic rings. The van der Waals surface area contributed by atoms with Crippen molar-refractivity contribution in [3.63, 3.8) is 0 Å². The maximum Gasteiger partial charge on any atom is 0.169 e. The number of carbonyl (C=O) groups is 1. The van der Waals surface area contributed by atoms with Crippen LogP contribution in [0.3, 0.4) is 0 Å². The number of hydrogen-bond donors (Lipinski definition) is 1. The molecule has 1 aromatic heterocycles. The molecule has 0 aromatic carbocycles. The third-order valence-electron chi connectivity index (χ3n) is 4.38. The van der Waals surface area contributed by atoms with Crippen LogP contribution < -0.4 is 10.5 Å². The summed E-state index contributed by atoms with van der Waals surface area (Å²) in [7, 11) is 0. The van der Waals surface area contributed by atoms with Gasteiger partial charge in [-0.25, -0.2) is 0 Å². The Morgan fingerprint density at radius 1 is 1.43 bits per heavy atom. The minimum Gasteiger partial charge on any atom is -0.491 e. The molecule has 5 nitrogen and oxygen atoms in total. The quantitative estimate of drug-likeness (QED) is 0.746. The zero-order valence-electron chi connectivity index (χ0n) is 14.1. The van der Waals surface area contributed by atoms with Gasteiger partial charge in [-0.15, -0.1) is 0 Å². The van der Waals surface area contributed by atoms with Gasteiger partial charge >= 0.3 is 0 Å². The Morgan fingerprint density at radius 3 is 2.74 bits per heavy atom. The Balaban J connectivity index is 1.91. The van der Waals surface area contributed by atoms with E-state index in [1.165, 1.54) is 32.1 Å². The van der Waals surface area contributed by atoms with Crippen LogP contribution in [0.2, 0.25) is 0 Å². The minimum atomic E-state index is -0.0528. The van der Waals surface area contributed by atoms with Gasteiger partial charge in [-0.05, 0) is 44.5 Å². The number of Topliss-reactive ketones (excluding diaryl/α,β-unsaturated/α-hetero) is 1. The van der Waals surface area contributed by atoms with Crippen LogP contribution in [0, 0.1) is 5.92 Å². The van der Waals surface area contributed by atoms with Gasteiger partial charge in [0.2, 0.25) is 0 Å². The molecule has 0 bridgehead atoms. The van der Waals surface area contributed by atoms with E-state index < -0.39 is 0 Å². The summed E-state index contributed by atoms with van der Waals surface area (Å²) in [4.78, 5) is 19.0. The van der Waals surface area contributed by atoms with Gasteiger partial charge in [-0.2, -0.15) is 0 Å². The molecule has 5 heteroatoms. The van der Waals surface area contributed by atoms with Crippen LogP contribution in [-0.2, 0) is 4.79 Å². The summed E-state index contributed by atoms with van der Waals surface area (Å²) < 4.78 is 5.73. The predicted molar refractivity (Wildman–Crippen MR) is 92.0 cm³/mol. The molecule has 0 radical (unpaired) electrons. The lowest BCUT2D eigenvalue weighted by molar-refractivity contribution is -0.116. The van der Waals surface area contributed by atoms with Gasteiger partial charge in [0.15, 0.2) is 5.78 Å². The summed E-state index contributed by atoms with van der Waals surface area (Å²) in [5.41, 5.74) is 6.70. The third kappa shape index (κ3) is 4.79. The van der Waals surface area contributed by atoms with E-state index in [1.54, 1.807) is 12.3 Å². The highest BCUT2D eigenvalue weighted by atomic mass is 16.5. The summed E-state index contributed by atoms with van der Waals surface area (Å²) in [6, 6.07) is 3.64. The molecule has 0 saturated carbocycles. The molecule has 23 heavy (non-hydrogen) atoms. The zero-order chi connectivity index (χ0) is 16.7. The van der Waals surface area contributed by atoms with Gasteiger partial charge in [-0.3, -0.25) is 14.7 Å². The van der Waals surface area contributed by atoms with Crippen molar-refractivity contribution < 1.29 is 9.53 Å². The van der Waals surface area contributed by atoms with Crippen molar-refractivity contribution in [3.8, 4) is 5.75 Å². The molecule has 1 atom stereocenters. The highest BCUT2D eigenvalue weighted by molar-refractivity contribution is 6.20. The van der Waals surface area contributed by atoms with E-state index in [2.05, 4.69) is 9.88 Å². The number of nitrogens with two attached hydrogens (primary N) is 1. The first-order chi connectivity index (χ1) is 11.2. The topological polar surface area (TPSA) is 68.5 Å². The first kappa shape index (κ1) is 17.5. The number of nitrogens with zero attached hydrogens (tertiary/aromatic N) is 2. The molecule has 0 amide bonds. The Hall–Kier alpha value is -1.88. The van der Waals surface area contributed by atoms with Crippen LogP contribution in [0.4, 0.5) is 0 Å². The number of allylic oxidation sites excluding steroid dienone is 1. The van der Waals surface area contributed by atoms with Crippen LogP contribution in [0.15, 0.2) is 24.5 Å². The molecule has 1 aliphatic rings. The Bertz CT molecular complexity index is 534. The Labute approximate surface area is 138 Å². The van der Waals surface area contributed by atoms with E-state index in [4.69, 9.17) is 10.5 Å². The summed E-state index contributed by atoms with van der Waals surface area (Å²) in [5.74, 6) is 0.702. The molecule has 0 spiro atoms. The average Bonchev–Trinajstić information content (AvgIpc) is 3.09. The molecule has 2 rings (SSSR count). The molecule has 2 N–H and O–H groups in total. The highest BCUT2D eigenvalue weighted by Crippen LogP contribution is 2.20. The molecule has 1 saturated heterocycles. The molecule has 126 valence electrons. The summed E-state index contributed by atoms with van der Waals surface area (Å²) in [6.45, 7) is 7.84. The van der Waals surface area contributed by atoms with Crippen LogP contribution in [-0.4, -0.2) is 41.9 Å². The van der Waals surface area contributed by atoms with Gasteiger partial charge in [-0.1, -0.05) is 13.8 Å². The standard InChI is InChI=1S/C18H27N3O2/c1-3-14(2)18(22)16(12-19)17-7-6-15(13-20-17)23-11-10-21-8-4-5-9-21/h6-7,12-14H,3-5,8-11,19H2,1-2H3. The Morgan fingerprint density at radius 2 is 2.17 bits per heavy atom. The number of hydrogen-bond acceptors (Lipinski definition) is 5. The number of rotatable bonds is 8. The summed E-state index contributed by atoms with van der Waals surface area (Å²) in [6.07, 6.45) is 6.37. The molecular weight excluding hydrogens is 290 g/mol. The van der Waals surface area contributed by atoms with E-state index in [-0.39, 0.29) is 11.7 Å². The smallest absolute Gasteiger partial charge is 0.169 e. The molecule has 2 heterocycles. The monoisotopic (exact) mass is 317 g/mol. The van der Waals surface area contributed by atoms with E-state index in [9.17, 15) is 4.79 Å². The van der Waals surface area contributed by atoms with E-state index in [1.807, 2.05) is 19.9 Å². The van der Waals surface area contributed by atoms with Gasteiger partial charge in [0.25, 0.3) is 0 Å². The van der Waals surface area contributed by atoms with Crippen molar-refractivity contribution in [2.24, 2.45) is 11.7 Å². The van der Waals surface area contributed by atoms with Crippen molar-refractivity contribution in [2.75, 3.05) is 26.2 Å². The van der Waals surface area contributed by atoms with E-state index in [0.29, 0.717) is 17.9 Å². The van der Waals surface area contributed by atoms with Crippen molar-refractivity contribution in [3.05, 3.63) is 30.2 Å². The van der Waals surface area contributed by atoms with Crippen molar-refractivity contribution >= 4 is 11.4 Å². The average molecular weight is 317 g/mol. The molecule has 1 fully saturated rings. The SMILES string of the molecule is CCC(C)C(=O)C(=CN)c1ccc(OCCN2CCCC2)cn1. The maximum atomic E-state index is 12.3. The van der Waals surface area contributed by atoms with Crippen molar-refractivity contribution in [1.29, 1.82) is 0 Å². The number of carbonyl (C=O) groups excluding carboxylic acids is 1. The highest BCUT2D eigenvalue weighted by Gasteiger charge is 2.18. The lowest BCUT2D eigenvalue weighted by atomic mass is 9.95. The second-order valence-electron chi connectivity index (χ2n) is 6.03. The summed E-state index contributed by atoms with van der Waals surface area (Å²) >= 11 is 0. The fourth-order valence-corrected chi connectivity index (χ4v) is 2.67. The van der Waals surface area contributed by atoms with Crippen molar-refractivity contribution in [2.45, 2.75) is 33.1 Å². The largest absolute Gasteiger partial charge is 0.491 e.